The molecule has 2 rings (SSSR count). The zero-order chi connectivity index (χ0) is 17.9. The summed E-state index contributed by atoms with van der Waals surface area (Å²) in [5.41, 5.74) is 0.898. The molecule has 0 aliphatic heterocycles. The van der Waals surface area contributed by atoms with Crippen LogP contribution in [0.5, 0.6) is 5.75 Å². The SMILES string of the molecule is COc1ccc(S(=O)(=O)N(CC(=O)O)c2ccccc2Br)cc1C. The number of carboxylic acid groups (broad SMARTS) is 1. The van der Waals surface area contributed by atoms with E-state index in [0.29, 0.717) is 15.8 Å². The molecule has 6 nitrogen and oxygen atoms in total. The zero-order valence-electron chi connectivity index (χ0n) is 13.1. The first kappa shape index (κ1) is 18.3. The van der Waals surface area contributed by atoms with Crippen molar-refractivity contribution in [2.24, 2.45) is 0 Å². The van der Waals surface area contributed by atoms with E-state index < -0.39 is 22.5 Å². The Labute approximate surface area is 148 Å². The van der Waals surface area contributed by atoms with Crippen molar-refractivity contribution >= 4 is 37.6 Å². The van der Waals surface area contributed by atoms with Crippen LogP contribution in [-0.2, 0) is 14.8 Å². The van der Waals surface area contributed by atoms with Gasteiger partial charge in [0, 0.05) is 4.47 Å². The van der Waals surface area contributed by atoms with E-state index in [0.717, 1.165) is 4.31 Å². The number of halogens is 1. The maximum Gasteiger partial charge on any atom is 0.324 e. The second kappa shape index (κ2) is 7.23. The predicted octanol–water partition coefficient (Wildman–Crippen LogP) is 3.05. The van der Waals surface area contributed by atoms with E-state index in [1.807, 2.05) is 0 Å². The standard InChI is InChI=1S/C16H16BrNO5S/c1-11-9-12(7-8-15(11)23-2)24(21,22)18(10-16(19)20)14-6-4-3-5-13(14)17/h3-9H,10H2,1-2H3,(H,19,20). The molecule has 0 aliphatic carbocycles. The fourth-order valence-corrected chi connectivity index (χ4v) is 4.35. The second-order valence-corrected chi connectivity index (χ2v) is 7.70. The molecular formula is C16H16BrNO5S. The average Bonchev–Trinajstić information content (AvgIpc) is 2.53. The summed E-state index contributed by atoms with van der Waals surface area (Å²) in [4.78, 5) is 11.2. The normalized spacial score (nSPS) is 11.1. The van der Waals surface area contributed by atoms with E-state index in [1.165, 1.54) is 19.2 Å². The van der Waals surface area contributed by atoms with Gasteiger partial charge in [-0.25, -0.2) is 8.42 Å². The van der Waals surface area contributed by atoms with Crippen molar-refractivity contribution in [1.29, 1.82) is 0 Å². The van der Waals surface area contributed by atoms with Gasteiger partial charge in [0.2, 0.25) is 0 Å². The number of anilines is 1. The van der Waals surface area contributed by atoms with Gasteiger partial charge in [-0.3, -0.25) is 9.10 Å². The predicted molar refractivity (Wildman–Crippen MR) is 94.0 cm³/mol. The van der Waals surface area contributed by atoms with E-state index in [2.05, 4.69) is 15.9 Å². The van der Waals surface area contributed by atoms with Gasteiger partial charge in [0.25, 0.3) is 10.0 Å². The number of aliphatic carboxylic acids is 1. The Morgan fingerprint density at radius 1 is 1.25 bits per heavy atom. The Kier molecular flexibility index (Phi) is 5.51. The third-order valence-corrected chi connectivity index (χ3v) is 5.78. The Balaban J connectivity index is 2.58. The van der Waals surface area contributed by atoms with E-state index in [1.54, 1.807) is 37.3 Å². The maximum absolute atomic E-state index is 13.0. The molecule has 0 saturated carbocycles. The molecular weight excluding hydrogens is 398 g/mol. The highest BCUT2D eigenvalue weighted by molar-refractivity contribution is 9.10. The van der Waals surface area contributed by atoms with E-state index in [9.17, 15) is 13.2 Å². The number of methoxy groups -OCH3 is 1. The van der Waals surface area contributed by atoms with Crippen molar-refractivity contribution in [2.75, 3.05) is 18.0 Å². The van der Waals surface area contributed by atoms with E-state index in [-0.39, 0.29) is 10.6 Å². The highest BCUT2D eigenvalue weighted by atomic mass is 79.9. The van der Waals surface area contributed by atoms with Crippen LogP contribution in [-0.4, -0.2) is 33.1 Å². The first-order chi connectivity index (χ1) is 11.3. The quantitative estimate of drug-likeness (QED) is 0.786. The van der Waals surface area contributed by atoms with Crippen molar-refractivity contribution in [3.8, 4) is 5.75 Å². The lowest BCUT2D eigenvalue weighted by Gasteiger charge is -2.24. The fourth-order valence-electron chi connectivity index (χ4n) is 2.22. The molecule has 1 N–H and O–H groups in total. The number of rotatable bonds is 6. The molecule has 24 heavy (non-hydrogen) atoms. The number of hydrogen-bond acceptors (Lipinski definition) is 4. The molecule has 0 unspecified atom stereocenters. The molecule has 128 valence electrons. The molecule has 0 atom stereocenters. The lowest BCUT2D eigenvalue weighted by molar-refractivity contribution is -0.135. The summed E-state index contributed by atoms with van der Waals surface area (Å²) in [6.45, 7) is 1.04. The number of aryl methyl sites for hydroxylation is 1. The third-order valence-electron chi connectivity index (χ3n) is 3.35. The van der Waals surface area contributed by atoms with Gasteiger partial charge >= 0.3 is 5.97 Å². The van der Waals surface area contributed by atoms with Crippen molar-refractivity contribution in [2.45, 2.75) is 11.8 Å². The molecule has 0 aromatic heterocycles. The second-order valence-electron chi connectivity index (χ2n) is 4.99. The molecule has 0 fully saturated rings. The van der Waals surface area contributed by atoms with Gasteiger partial charge in [-0.1, -0.05) is 12.1 Å². The summed E-state index contributed by atoms with van der Waals surface area (Å²) in [5.74, 6) is -0.695. The number of nitrogens with zero attached hydrogens (tertiary/aromatic N) is 1. The van der Waals surface area contributed by atoms with Crippen LogP contribution in [0.25, 0.3) is 0 Å². The summed E-state index contributed by atoms with van der Waals surface area (Å²) >= 11 is 3.27. The molecule has 2 aromatic carbocycles. The summed E-state index contributed by atoms with van der Waals surface area (Å²) in [6.07, 6.45) is 0. The first-order valence-corrected chi connectivity index (χ1v) is 9.14. The summed E-state index contributed by atoms with van der Waals surface area (Å²) in [5, 5.41) is 9.14. The van der Waals surface area contributed by atoms with Crippen molar-refractivity contribution < 1.29 is 23.1 Å². The number of carbonyl (C=O) groups is 1. The van der Waals surface area contributed by atoms with Crippen LogP contribution >= 0.6 is 15.9 Å². The molecule has 0 amide bonds. The van der Waals surface area contributed by atoms with Crippen molar-refractivity contribution in [3.63, 3.8) is 0 Å². The van der Waals surface area contributed by atoms with Gasteiger partial charge in [-0.05, 0) is 58.7 Å². The average molecular weight is 414 g/mol. The van der Waals surface area contributed by atoms with Crippen LogP contribution in [0.3, 0.4) is 0 Å². The highest BCUT2D eigenvalue weighted by Gasteiger charge is 2.28. The Hall–Kier alpha value is -2.06. The largest absolute Gasteiger partial charge is 0.496 e. The Bertz CT molecular complexity index is 867. The van der Waals surface area contributed by atoms with Gasteiger partial charge in [0.05, 0.1) is 17.7 Å². The lowest BCUT2D eigenvalue weighted by Crippen LogP contribution is -2.36. The van der Waals surface area contributed by atoms with Gasteiger partial charge in [-0.2, -0.15) is 0 Å². The molecule has 0 radical (unpaired) electrons. The first-order valence-electron chi connectivity index (χ1n) is 6.91. The minimum atomic E-state index is -4.05. The Morgan fingerprint density at radius 2 is 1.92 bits per heavy atom. The van der Waals surface area contributed by atoms with Gasteiger partial charge in [0.15, 0.2) is 0 Å². The fraction of sp³-hybridized carbons (Fsp3) is 0.188. The van der Waals surface area contributed by atoms with Crippen LogP contribution in [0, 0.1) is 6.92 Å². The zero-order valence-corrected chi connectivity index (χ0v) is 15.5. The van der Waals surface area contributed by atoms with Crippen LogP contribution < -0.4 is 9.04 Å². The van der Waals surface area contributed by atoms with Crippen molar-refractivity contribution in [3.05, 3.63) is 52.5 Å². The summed E-state index contributed by atoms with van der Waals surface area (Å²) in [6, 6.07) is 11.0. The van der Waals surface area contributed by atoms with Crippen LogP contribution in [0.1, 0.15) is 5.56 Å². The van der Waals surface area contributed by atoms with Crippen LogP contribution in [0.2, 0.25) is 0 Å². The molecule has 0 aliphatic rings. The van der Waals surface area contributed by atoms with E-state index in [4.69, 9.17) is 9.84 Å². The molecule has 0 saturated heterocycles. The molecule has 0 bridgehead atoms. The summed E-state index contributed by atoms with van der Waals surface area (Å²) in [7, 11) is -2.56. The van der Waals surface area contributed by atoms with Crippen LogP contribution in [0.4, 0.5) is 5.69 Å². The highest BCUT2D eigenvalue weighted by Crippen LogP contribution is 2.31. The lowest BCUT2D eigenvalue weighted by atomic mass is 10.2. The number of benzene rings is 2. The Morgan fingerprint density at radius 3 is 2.46 bits per heavy atom. The third kappa shape index (κ3) is 3.70. The van der Waals surface area contributed by atoms with Crippen molar-refractivity contribution in [1.82, 2.24) is 0 Å². The number of sulfonamides is 1. The molecule has 0 heterocycles. The molecule has 8 heteroatoms. The monoisotopic (exact) mass is 413 g/mol. The smallest absolute Gasteiger partial charge is 0.324 e. The van der Waals surface area contributed by atoms with E-state index >= 15 is 0 Å². The minimum Gasteiger partial charge on any atom is -0.496 e. The number of hydrogen-bond donors (Lipinski definition) is 1. The minimum absolute atomic E-state index is 0.00203. The van der Waals surface area contributed by atoms with Gasteiger partial charge in [-0.15, -0.1) is 0 Å². The topological polar surface area (TPSA) is 83.9 Å². The molecule has 0 spiro atoms. The number of carboxylic acids is 1. The number of para-hydroxylation sites is 1. The van der Waals surface area contributed by atoms with Gasteiger partial charge < -0.3 is 9.84 Å². The van der Waals surface area contributed by atoms with Crippen LogP contribution in [0.15, 0.2) is 51.8 Å². The van der Waals surface area contributed by atoms with Gasteiger partial charge in [0.1, 0.15) is 12.3 Å². The summed E-state index contributed by atoms with van der Waals surface area (Å²) < 4.78 is 32.4. The molecule has 2 aromatic rings. The number of ether oxygens (including phenoxy) is 1. The maximum atomic E-state index is 13.0.